The highest BCUT2D eigenvalue weighted by Gasteiger charge is 2.19. The highest BCUT2D eigenvalue weighted by Crippen LogP contribution is 2.19. The molecule has 1 amide bonds. The molecule has 0 aliphatic carbocycles. The van der Waals surface area contributed by atoms with Crippen molar-refractivity contribution < 1.29 is 14.7 Å². The number of carboxylic acid groups (broad SMARTS) is 1. The summed E-state index contributed by atoms with van der Waals surface area (Å²) in [6.45, 7) is 1.83. The van der Waals surface area contributed by atoms with Crippen LogP contribution in [0.25, 0.3) is 6.08 Å². The standard InChI is InChI=1S/C15H17NO3S/c1-10-11(5-6-14(17)18)3-2-4-13(10)15(19)16-12-7-8-20-9-12/h2-6,12H,7-9H2,1H3,(H,16,19)(H,17,18)/b6-5+. The summed E-state index contributed by atoms with van der Waals surface area (Å²) in [6.07, 6.45) is 3.60. The van der Waals surface area contributed by atoms with Crippen LogP contribution in [0, 0.1) is 6.92 Å². The van der Waals surface area contributed by atoms with Gasteiger partial charge >= 0.3 is 5.97 Å². The molecule has 1 saturated heterocycles. The van der Waals surface area contributed by atoms with Crippen LogP contribution < -0.4 is 5.32 Å². The summed E-state index contributed by atoms with van der Waals surface area (Å²) in [5, 5.41) is 11.7. The summed E-state index contributed by atoms with van der Waals surface area (Å²) in [5.41, 5.74) is 2.16. The molecule has 0 aromatic heterocycles. The molecule has 1 aliphatic rings. The van der Waals surface area contributed by atoms with Gasteiger partial charge in [0.25, 0.3) is 5.91 Å². The molecular weight excluding hydrogens is 274 g/mol. The number of carbonyl (C=O) groups excluding carboxylic acids is 1. The first kappa shape index (κ1) is 14.7. The average Bonchev–Trinajstić information content (AvgIpc) is 2.90. The zero-order valence-electron chi connectivity index (χ0n) is 11.3. The Morgan fingerprint density at radius 2 is 2.25 bits per heavy atom. The minimum atomic E-state index is -0.998. The van der Waals surface area contributed by atoms with Crippen LogP contribution in [0.2, 0.25) is 0 Å². The van der Waals surface area contributed by atoms with Gasteiger partial charge in [-0.1, -0.05) is 12.1 Å². The van der Waals surface area contributed by atoms with Gasteiger partial charge in [0.05, 0.1) is 0 Å². The van der Waals surface area contributed by atoms with E-state index in [2.05, 4.69) is 5.32 Å². The zero-order chi connectivity index (χ0) is 14.5. The third-order valence-electron chi connectivity index (χ3n) is 3.29. The van der Waals surface area contributed by atoms with Crippen LogP contribution >= 0.6 is 11.8 Å². The zero-order valence-corrected chi connectivity index (χ0v) is 12.1. The lowest BCUT2D eigenvalue weighted by Gasteiger charge is -2.13. The molecule has 1 heterocycles. The van der Waals surface area contributed by atoms with Crippen LogP contribution in [0.4, 0.5) is 0 Å². The van der Waals surface area contributed by atoms with E-state index in [4.69, 9.17) is 5.11 Å². The van der Waals surface area contributed by atoms with Crippen LogP contribution in [0.1, 0.15) is 27.9 Å². The Hall–Kier alpha value is -1.75. The third kappa shape index (κ3) is 3.63. The number of amides is 1. The first-order chi connectivity index (χ1) is 9.58. The van der Waals surface area contributed by atoms with Gasteiger partial charge < -0.3 is 10.4 Å². The Morgan fingerprint density at radius 3 is 2.90 bits per heavy atom. The van der Waals surface area contributed by atoms with E-state index in [-0.39, 0.29) is 11.9 Å². The van der Waals surface area contributed by atoms with Crippen LogP contribution in [0.15, 0.2) is 24.3 Å². The maximum atomic E-state index is 12.3. The maximum Gasteiger partial charge on any atom is 0.328 e. The number of aliphatic carboxylic acids is 1. The van der Waals surface area contributed by atoms with Crippen molar-refractivity contribution in [1.29, 1.82) is 0 Å². The second kappa shape index (κ2) is 6.61. The Morgan fingerprint density at radius 1 is 1.45 bits per heavy atom. The largest absolute Gasteiger partial charge is 0.478 e. The quantitative estimate of drug-likeness (QED) is 0.836. The highest BCUT2D eigenvalue weighted by molar-refractivity contribution is 7.99. The molecule has 1 atom stereocenters. The second-order valence-corrected chi connectivity index (χ2v) is 5.88. The van der Waals surface area contributed by atoms with E-state index in [1.165, 1.54) is 6.08 Å². The van der Waals surface area contributed by atoms with Gasteiger partial charge in [-0.3, -0.25) is 4.79 Å². The van der Waals surface area contributed by atoms with Crippen molar-refractivity contribution in [1.82, 2.24) is 5.32 Å². The molecular formula is C15H17NO3S. The van der Waals surface area contributed by atoms with E-state index >= 15 is 0 Å². The summed E-state index contributed by atoms with van der Waals surface area (Å²) < 4.78 is 0. The molecule has 0 bridgehead atoms. The molecule has 0 spiro atoms. The van der Waals surface area contributed by atoms with Crippen molar-refractivity contribution in [2.45, 2.75) is 19.4 Å². The lowest BCUT2D eigenvalue weighted by molar-refractivity contribution is -0.131. The van der Waals surface area contributed by atoms with Crippen molar-refractivity contribution in [3.8, 4) is 0 Å². The van der Waals surface area contributed by atoms with E-state index < -0.39 is 5.97 Å². The lowest BCUT2D eigenvalue weighted by Crippen LogP contribution is -2.35. The number of carboxylic acids is 1. The maximum absolute atomic E-state index is 12.3. The number of benzene rings is 1. The highest BCUT2D eigenvalue weighted by atomic mass is 32.2. The Balaban J connectivity index is 2.16. The molecule has 1 aliphatic heterocycles. The predicted molar refractivity (Wildman–Crippen MR) is 81.0 cm³/mol. The van der Waals surface area contributed by atoms with Crippen LogP contribution in [0.3, 0.4) is 0 Å². The van der Waals surface area contributed by atoms with Gasteiger partial charge in [0, 0.05) is 23.4 Å². The van der Waals surface area contributed by atoms with Gasteiger partial charge in [-0.2, -0.15) is 11.8 Å². The molecule has 106 valence electrons. The van der Waals surface area contributed by atoms with Crippen molar-refractivity contribution in [2.75, 3.05) is 11.5 Å². The molecule has 0 radical (unpaired) electrons. The molecule has 5 heteroatoms. The van der Waals surface area contributed by atoms with Gasteiger partial charge in [-0.05, 0) is 42.4 Å². The molecule has 2 rings (SSSR count). The van der Waals surface area contributed by atoms with Gasteiger partial charge in [-0.25, -0.2) is 4.79 Å². The van der Waals surface area contributed by atoms with Gasteiger partial charge in [0.15, 0.2) is 0 Å². The number of hydrogen-bond acceptors (Lipinski definition) is 3. The van der Waals surface area contributed by atoms with Crippen molar-refractivity contribution in [2.24, 2.45) is 0 Å². The number of thioether (sulfide) groups is 1. The fraction of sp³-hybridized carbons (Fsp3) is 0.333. The van der Waals surface area contributed by atoms with E-state index in [0.29, 0.717) is 5.56 Å². The Kier molecular flexibility index (Phi) is 4.84. The summed E-state index contributed by atoms with van der Waals surface area (Å²) in [5.74, 6) is 0.970. The van der Waals surface area contributed by atoms with E-state index in [1.54, 1.807) is 18.2 Å². The normalized spacial score (nSPS) is 18.4. The number of carbonyl (C=O) groups is 2. The Bertz CT molecular complexity index is 548. The summed E-state index contributed by atoms with van der Waals surface area (Å²) in [4.78, 5) is 22.8. The van der Waals surface area contributed by atoms with Gasteiger partial charge in [0.1, 0.15) is 0 Å². The van der Waals surface area contributed by atoms with Gasteiger partial charge in [0.2, 0.25) is 0 Å². The fourth-order valence-corrected chi connectivity index (χ4v) is 3.30. The smallest absolute Gasteiger partial charge is 0.328 e. The van der Waals surface area contributed by atoms with Crippen LogP contribution in [0.5, 0.6) is 0 Å². The summed E-state index contributed by atoms with van der Waals surface area (Å²) in [6, 6.07) is 5.58. The molecule has 2 N–H and O–H groups in total. The van der Waals surface area contributed by atoms with Crippen molar-refractivity contribution >= 4 is 29.7 Å². The van der Waals surface area contributed by atoms with Crippen molar-refractivity contribution in [3.63, 3.8) is 0 Å². The molecule has 1 aromatic carbocycles. The minimum absolute atomic E-state index is 0.0828. The molecule has 0 saturated carbocycles. The lowest BCUT2D eigenvalue weighted by atomic mass is 10.0. The van der Waals surface area contributed by atoms with Crippen LogP contribution in [-0.2, 0) is 4.79 Å². The predicted octanol–water partition coefficient (Wildman–Crippen LogP) is 2.33. The first-order valence-electron chi connectivity index (χ1n) is 6.47. The molecule has 1 fully saturated rings. The molecule has 1 unspecified atom stereocenters. The Labute approximate surface area is 122 Å². The fourth-order valence-electron chi connectivity index (χ4n) is 2.15. The first-order valence-corrected chi connectivity index (χ1v) is 7.62. The number of rotatable bonds is 4. The molecule has 1 aromatic rings. The number of nitrogens with one attached hydrogen (secondary N) is 1. The van der Waals surface area contributed by atoms with Crippen molar-refractivity contribution in [3.05, 3.63) is 41.0 Å². The minimum Gasteiger partial charge on any atom is -0.478 e. The summed E-state index contributed by atoms with van der Waals surface area (Å²) >= 11 is 1.85. The van der Waals surface area contributed by atoms with Gasteiger partial charge in [-0.15, -0.1) is 0 Å². The van der Waals surface area contributed by atoms with E-state index in [9.17, 15) is 9.59 Å². The summed E-state index contributed by atoms with van der Waals surface area (Å²) in [7, 11) is 0. The average molecular weight is 291 g/mol. The molecule has 20 heavy (non-hydrogen) atoms. The van der Waals surface area contributed by atoms with Crippen LogP contribution in [-0.4, -0.2) is 34.5 Å². The third-order valence-corrected chi connectivity index (χ3v) is 4.45. The monoisotopic (exact) mass is 291 g/mol. The van der Waals surface area contributed by atoms with E-state index in [0.717, 1.165) is 35.1 Å². The SMILES string of the molecule is Cc1c(/C=C/C(=O)O)cccc1C(=O)NC1CCSC1. The van der Waals surface area contributed by atoms with E-state index in [1.807, 2.05) is 18.7 Å². The second-order valence-electron chi connectivity index (χ2n) is 4.73. The molecule has 4 nitrogen and oxygen atoms in total. The number of hydrogen-bond donors (Lipinski definition) is 2. The topological polar surface area (TPSA) is 66.4 Å².